The lowest BCUT2D eigenvalue weighted by molar-refractivity contribution is 0.0933. The lowest BCUT2D eigenvalue weighted by Gasteiger charge is -2.11. The van der Waals surface area contributed by atoms with Crippen LogP contribution in [0.4, 0.5) is 0 Å². The van der Waals surface area contributed by atoms with Gasteiger partial charge in [0.15, 0.2) is 0 Å². The third kappa shape index (κ3) is 2.71. The maximum atomic E-state index is 12.3. The average molecular weight is 302 g/mol. The monoisotopic (exact) mass is 301 g/mol. The summed E-state index contributed by atoms with van der Waals surface area (Å²) in [6.07, 6.45) is 1.39. The van der Waals surface area contributed by atoms with Gasteiger partial charge in [-0.2, -0.15) is 5.10 Å². The van der Waals surface area contributed by atoms with Gasteiger partial charge >= 0.3 is 0 Å². The van der Waals surface area contributed by atoms with E-state index in [-0.39, 0.29) is 17.6 Å². The Morgan fingerprint density at radius 1 is 1.38 bits per heavy atom. The zero-order valence-corrected chi connectivity index (χ0v) is 11.9. The molecule has 0 aliphatic rings. The molecule has 3 rings (SSSR count). The van der Waals surface area contributed by atoms with E-state index in [1.807, 2.05) is 24.3 Å². The number of hydrogen-bond acceptors (Lipinski definition) is 4. The zero-order valence-electron chi connectivity index (χ0n) is 11.2. The SMILES string of the molecule is CC(NC(=O)c1cc2ccccc2c(Cl)n1)c1ncn[nH]1. The number of carbonyl (C=O) groups excluding carboxylic acids is 1. The van der Waals surface area contributed by atoms with E-state index in [4.69, 9.17) is 11.6 Å². The van der Waals surface area contributed by atoms with Crippen molar-refractivity contribution in [2.24, 2.45) is 0 Å². The molecule has 0 bridgehead atoms. The van der Waals surface area contributed by atoms with Gasteiger partial charge in [-0.15, -0.1) is 0 Å². The highest BCUT2D eigenvalue weighted by atomic mass is 35.5. The number of nitrogens with zero attached hydrogens (tertiary/aromatic N) is 3. The largest absolute Gasteiger partial charge is 0.341 e. The quantitative estimate of drug-likeness (QED) is 0.728. The van der Waals surface area contributed by atoms with Crippen LogP contribution in [-0.4, -0.2) is 26.1 Å². The Kier molecular flexibility index (Phi) is 3.53. The van der Waals surface area contributed by atoms with Gasteiger partial charge in [0, 0.05) is 5.39 Å². The Morgan fingerprint density at radius 2 is 2.19 bits per heavy atom. The number of aromatic nitrogens is 4. The fourth-order valence-electron chi connectivity index (χ4n) is 2.04. The molecule has 2 aromatic heterocycles. The van der Waals surface area contributed by atoms with E-state index in [1.54, 1.807) is 13.0 Å². The average Bonchev–Trinajstić information content (AvgIpc) is 3.01. The third-order valence-corrected chi connectivity index (χ3v) is 3.41. The number of rotatable bonds is 3. The molecule has 0 saturated carbocycles. The summed E-state index contributed by atoms with van der Waals surface area (Å²) in [4.78, 5) is 20.4. The van der Waals surface area contributed by atoms with Crippen LogP contribution in [0.3, 0.4) is 0 Å². The Labute approximate surface area is 125 Å². The number of benzene rings is 1. The Morgan fingerprint density at radius 3 is 2.95 bits per heavy atom. The number of amides is 1. The van der Waals surface area contributed by atoms with Crippen LogP contribution in [-0.2, 0) is 0 Å². The van der Waals surface area contributed by atoms with Crippen LogP contribution in [0.2, 0.25) is 5.15 Å². The van der Waals surface area contributed by atoms with Crippen LogP contribution >= 0.6 is 11.6 Å². The Balaban J connectivity index is 1.88. The Hall–Kier alpha value is -2.47. The number of hydrogen-bond donors (Lipinski definition) is 2. The Bertz CT molecular complexity index is 787. The van der Waals surface area contributed by atoms with Crippen LogP contribution in [0, 0.1) is 0 Å². The molecule has 0 radical (unpaired) electrons. The van der Waals surface area contributed by atoms with Gasteiger partial charge in [0.2, 0.25) is 0 Å². The predicted molar refractivity (Wildman–Crippen MR) is 79.0 cm³/mol. The molecular weight excluding hydrogens is 290 g/mol. The summed E-state index contributed by atoms with van der Waals surface area (Å²) in [5.41, 5.74) is 0.269. The van der Waals surface area contributed by atoms with Crippen molar-refractivity contribution in [3.05, 3.63) is 53.3 Å². The van der Waals surface area contributed by atoms with Gasteiger partial charge < -0.3 is 5.32 Å². The highest BCUT2D eigenvalue weighted by Crippen LogP contribution is 2.22. The van der Waals surface area contributed by atoms with Gasteiger partial charge in [0.25, 0.3) is 5.91 Å². The van der Waals surface area contributed by atoms with E-state index < -0.39 is 0 Å². The molecule has 0 fully saturated rings. The summed E-state index contributed by atoms with van der Waals surface area (Å²) >= 11 is 6.12. The number of carbonyl (C=O) groups is 1. The summed E-state index contributed by atoms with van der Waals surface area (Å²) < 4.78 is 0. The zero-order chi connectivity index (χ0) is 14.8. The van der Waals surface area contributed by atoms with Crippen molar-refractivity contribution in [2.75, 3.05) is 0 Å². The van der Waals surface area contributed by atoms with Crippen molar-refractivity contribution in [3.63, 3.8) is 0 Å². The number of fused-ring (bicyclic) bond motifs is 1. The predicted octanol–water partition coefficient (Wildman–Crippen LogP) is 2.50. The summed E-state index contributed by atoms with van der Waals surface area (Å²) in [6.45, 7) is 1.81. The molecule has 3 aromatic rings. The first-order valence-corrected chi connectivity index (χ1v) is 6.74. The van der Waals surface area contributed by atoms with Crippen molar-refractivity contribution in [3.8, 4) is 0 Å². The molecule has 0 aliphatic carbocycles. The van der Waals surface area contributed by atoms with E-state index in [9.17, 15) is 4.79 Å². The number of halogens is 1. The van der Waals surface area contributed by atoms with Crippen molar-refractivity contribution < 1.29 is 4.79 Å². The molecule has 1 atom stereocenters. The molecule has 6 nitrogen and oxygen atoms in total. The molecule has 1 amide bonds. The molecule has 1 aromatic carbocycles. The standard InChI is InChI=1S/C14H12ClN5O/c1-8(13-16-7-17-20-13)18-14(21)11-6-9-4-2-3-5-10(9)12(15)19-11/h2-8H,1H3,(H,18,21)(H,16,17,20). The third-order valence-electron chi connectivity index (χ3n) is 3.12. The lowest BCUT2D eigenvalue weighted by atomic mass is 10.1. The second-order valence-corrected chi connectivity index (χ2v) is 4.94. The van der Waals surface area contributed by atoms with Gasteiger partial charge in [0.05, 0.1) is 6.04 Å². The van der Waals surface area contributed by atoms with Gasteiger partial charge in [-0.05, 0) is 18.4 Å². The minimum absolute atomic E-state index is 0.269. The molecule has 0 saturated heterocycles. The highest BCUT2D eigenvalue weighted by Gasteiger charge is 2.16. The fourth-order valence-corrected chi connectivity index (χ4v) is 2.30. The van der Waals surface area contributed by atoms with Crippen molar-refractivity contribution in [1.29, 1.82) is 0 Å². The fraction of sp³-hybridized carbons (Fsp3) is 0.143. The van der Waals surface area contributed by atoms with Crippen molar-refractivity contribution in [1.82, 2.24) is 25.5 Å². The maximum Gasteiger partial charge on any atom is 0.270 e. The molecule has 2 N–H and O–H groups in total. The van der Waals surface area contributed by atoms with Gasteiger partial charge in [0.1, 0.15) is 23.0 Å². The second-order valence-electron chi connectivity index (χ2n) is 4.59. The smallest absolute Gasteiger partial charge is 0.270 e. The number of aromatic amines is 1. The van der Waals surface area contributed by atoms with E-state index in [1.165, 1.54) is 6.33 Å². The van der Waals surface area contributed by atoms with E-state index in [0.717, 1.165) is 10.8 Å². The number of H-pyrrole nitrogens is 1. The number of pyridine rings is 1. The van der Waals surface area contributed by atoms with E-state index in [0.29, 0.717) is 11.0 Å². The van der Waals surface area contributed by atoms with Gasteiger partial charge in [-0.25, -0.2) is 9.97 Å². The molecule has 1 unspecified atom stereocenters. The number of nitrogens with one attached hydrogen (secondary N) is 2. The topological polar surface area (TPSA) is 83.6 Å². The molecule has 21 heavy (non-hydrogen) atoms. The lowest BCUT2D eigenvalue weighted by Crippen LogP contribution is -2.28. The normalized spacial score (nSPS) is 12.3. The maximum absolute atomic E-state index is 12.3. The van der Waals surface area contributed by atoms with Crippen LogP contribution in [0.5, 0.6) is 0 Å². The second kappa shape index (κ2) is 5.49. The van der Waals surface area contributed by atoms with Crippen LogP contribution < -0.4 is 5.32 Å². The summed E-state index contributed by atoms with van der Waals surface area (Å²) in [6, 6.07) is 8.93. The highest BCUT2D eigenvalue weighted by molar-refractivity contribution is 6.34. The first kappa shape index (κ1) is 13.5. The minimum atomic E-state index is -0.313. The summed E-state index contributed by atoms with van der Waals surface area (Å²) in [5.74, 6) is 0.266. The van der Waals surface area contributed by atoms with E-state index >= 15 is 0 Å². The van der Waals surface area contributed by atoms with Crippen LogP contribution in [0.1, 0.15) is 29.3 Å². The molecule has 0 aliphatic heterocycles. The summed E-state index contributed by atoms with van der Waals surface area (Å²) in [7, 11) is 0. The van der Waals surface area contributed by atoms with Crippen LogP contribution in [0.15, 0.2) is 36.7 Å². The molecule has 0 spiro atoms. The molecular formula is C14H12ClN5O. The molecule has 106 valence electrons. The van der Waals surface area contributed by atoms with Crippen molar-refractivity contribution >= 4 is 28.3 Å². The first-order valence-electron chi connectivity index (χ1n) is 6.36. The summed E-state index contributed by atoms with van der Waals surface area (Å²) in [5, 5.41) is 11.3. The van der Waals surface area contributed by atoms with Crippen molar-refractivity contribution in [2.45, 2.75) is 13.0 Å². The first-order chi connectivity index (χ1) is 10.1. The van der Waals surface area contributed by atoms with Gasteiger partial charge in [-0.3, -0.25) is 9.89 Å². The van der Waals surface area contributed by atoms with E-state index in [2.05, 4.69) is 25.5 Å². The van der Waals surface area contributed by atoms with Crippen LogP contribution in [0.25, 0.3) is 10.8 Å². The van der Waals surface area contributed by atoms with Gasteiger partial charge in [-0.1, -0.05) is 35.9 Å². The minimum Gasteiger partial charge on any atom is -0.341 e. The molecule has 2 heterocycles. The molecule has 7 heteroatoms.